The SMILES string of the molecule is CB1c2c(oc3nc(C)ccc23)C=C(C)N1N1c2nccnc2N(c2ccccc2)[C@@H]1C. The Bertz CT molecular complexity index is 1370. The molecule has 6 rings (SSSR count). The van der Waals surface area contributed by atoms with Crippen molar-refractivity contribution in [2.24, 2.45) is 0 Å². The first-order chi connectivity index (χ1) is 15.5. The van der Waals surface area contributed by atoms with Gasteiger partial charge < -0.3 is 14.2 Å². The molecule has 0 spiro atoms. The van der Waals surface area contributed by atoms with E-state index in [0.717, 1.165) is 45.3 Å². The molecule has 0 N–H and O–H groups in total. The number of para-hydroxylation sites is 1. The minimum absolute atomic E-state index is 0.0133. The van der Waals surface area contributed by atoms with Crippen molar-refractivity contribution < 1.29 is 4.42 Å². The maximum atomic E-state index is 6.14. The predicted molar refractivity (Wildman–Crippen MR) is 128 cm³/mol. The van der Waals surface area contributed by atoms with Gasteiger partial charge in [0.1, 0.15) is 11.9 Å². The maximum Gasteiger partial charge on any atom is 0.315 e. The molecule has 0 amide bonds. The first-order valence-corrected chi connectivity index (χ1v) is 10.9. The minimum Gasteiger partial charge on any atom is -0.439 e. The molecule has 2 aliphatic rings. The number of aryl methyl sites for hydroxylation is 1. The molecule has 0 saturated carbocycles. The van der Waals surface area contributed by atoms with Crippen LogP contribution in [0.25, 0.3) is 17.2 Å². The summed E-state index contributed by atoms with van der Waals surface area (Å²) >= 11 is 0. The molecule has 0 fully saturated rings. The Morgan fingerprint density at radius 2 is 1.72 bits per heavy atom. The third kappa shape index (κ3) is 2.59. The quantitative estimate of drug-likeness (QED) is 0.445. The second-order valence-corrected chi connectivity index (χ2v) is 8.38. The van der Waals surface area contributed by atoms with Gasteiger partial charge in [0.25, 0.3) is 0 Å². The van der Waals surface area contributed by atoms with E-state index in [1.54, 1.807) is 12.4 Å². The Morgan fingerprint density at radius 1 is 0.969 bits per heavy atom. The number of allylic oxidation sites excluding steroid dienone is 1. The van der Waals surface area contributed by atoms with Crippen LogP contribution in [0.4, 0.5) is 17.3 Å². The van der Waals surface area contributed by atoms with Crippen LogP contribution in [-0.4, -0.2) is 32.9 Å². The predicted octanol–water partition coefficient (Wildman–Crippen LogP) is 4.35. The maximum absolute atomic E-state index is 6.14. The molecule has 8 heteroatoms. The van der Waals surface area contributed by atoms with Crippen LogP contribution < -0.4 is 15.4 Å². The molecule has 0 saturated heterocycles. The molecular weight excluding hydrogens is 399 g/mol. The zero-order chi connectivity index (χ0) is 22.0. The van der Waals surface area contributed by atoms with Crippen molar-refractivity contribution in [1.29, 1.82) is 0 Å². The number of furan rings is 1. The highest BCUT2D eigenvalue weighted by Gasteiger charge is 2.44. The lowest BCUT2D eigenvalue weighted by Gasteiger charge is -2.43. The van der Waals surface area contributed by atoms with Crippen molar-refractivity contribution in [3.8, 4) is 0 Å². The number of hydrogen-bond donors (Lipinski definition) is 0. The fourth-order valence-electron chi connectivity index (χ4n) is 5.01. The normalized spacial score (nSPS) is 17.6. The largest absolute Gasteiger partial charge is 0.439 e. The lowest BCUT2D eigenvalue weighted by atomic mass is 9.55. The van der Waals surface area contributed by atoms with Crippen LogP contribution in [-0.2, 0) is 0 Å². The number of benzene rings is 1. The van der Waals surface area contributed by atoms with Gasteiger partial charge in [-0.05, 0) is 51.1 Å². The van der Waals surface area contributed by atoms with Crippen molar-refractivity contribution in [3.63, 3.8) is 0 Å². The van der Waals surface area contributed by atoms with E-state index in [1.165, 1.54) is 0 Å². The van der Waals surface area contributed by atoms with Gasteiger partial charge in [0.2, 0.25) is 5.71 Å². The van der Waals surface area contributed by atoms with E-state index in [-0.39, 0.29) is 13.0 Å². The van der Waals surface area contributed by atoms with Crippen molar-refractivity contribution in [3.05, 3.63) is 72.0 Å². The summed E-state index contributed by atoms with van der Waals surface area (Å²) in [4.78, 5) is 18.6. The smallest absolute Gasteiger partial charge is 0.315 e. The summed E-state index contributed by atoms with van der Waals surface area (Å²) in [7, 11) is 0. The molecule has 158 valence electrons. The third-order valence-electron chi connectivity index (χ3n) is 6.35. The highest BCUT2D eigenvalue weighted by Crippen LogP contribution is 2.43. The van der Waals surface area contributed by atoms with Crippen LogP contribution in [0.3, 0.4) is 0 Å². The molecule has 3 aromatic heterocycles. The Morgan fingerprint density at radius 3 is 2.50 bits per heavy atom. The number of pyridine rings is 1. The molecule has 4 aromatic rings. The standard InChI is InChI=1S/C24H23BN6O/c1-15-10-11-19-21-20(32-24(19)28-15)14-16(2)31(25(21)4)30-17(3)29(18-8-6-5-7-9-18)22-23(30)27-13-12-26-22/h5-14,17H,1-4H3/t17-/m0/s1. The summed E-state index contributed by atoms with van der Waals surface area (Å²) in [5, 5.41) is 3.30. The highest BCUT2D eigenvalue weighted by molar-refractivity contribution is 6.73. The highest BCUT2D eigenvalue weighted by atomic mass is 16.3. The Labute approximate surface area is 187 Å². The van der Waals surface area contributed by atoms with Gasteiger partial charge in [0.05, 0.1) is 0 Å². The van der Waals surface area contributed by atoms with E-state index < -0.39 is 0 Å². The molecule has 0 radical (unpaired) electrons. The molecule has 1 aromatic carbocycles. The number of hydrogen-bond acceptors (Lipinski definition) is 7. The van der Waals surface area contributed by atoms with Gasteiger partial charge in [-0.1, -0.05) is 25.0 Å². The summed E-state index contributed by atoms with van der Waals surface area (Å²) in [5.41, 5.74) is 4.95. The van der Waals surface area contributed by atoms with Crippen LogP contribution >= 0.6 is 0 Å². The first kappa shape index (κ1) is 18.9. The summed E-state index contributed by atoms with van der Waals surface area (Å²) in [5.74, 6) is 2.57. The number of hydrazine groups is 1. The fourth-order valence-corrected chi connectivity index (χ4v) is 5.01. The molecule has 0 aliphatic carbocycles. The lowest BCUT2D eigenvalue weighted by molar-refractivity contribution is 0.438. The Balaban J connectivity index is 1.49. The minimum atomic E-state index is -0.0133. The molecule has 2 aliphatic heterocycles. The summed E-state index contributed by atoms with van der Waals surface area (Å²) in [6, 6.07) is 14.5. The second-order valence-electron chi connectivity index (χ2n) is 8.38. The third-order valence-corrected chi connectivity index (χ3v) is 6.35. The molecule has 0 unspecified atom stereocenters. The lowest BCUT2D eigenvalue weighted by Crippen LogP contribution is -2.59. The van der Waals surface area contributed by atoms with Crippen molar-refractivity contribution in [2.75, 3.05) is 9.91 Å². The van der Waals surface area contributed by atoms with Crippen LogP contribution in [0.2, 0.25) is 6.82 Å². The molecule has 0 bridgehead atoms. The van der Waals surface area contributed by atoms with Gasteiger partial charge in [-0.2, -0.15) is 0 Å². The second kappa shape index (κ2) is 6.85. The van der Waals surface area contributed by atoms with Crippen LogP contribution in [0, 0.1) is 6.92 Å². The number of fused-ring (bicyclic) bond motifs is 4. The topological polar surface area (TPSA) is 61.5 Å². The number of nitrogens with zero attached hydrogens (tertiary/aromatic N) is 6. The van der Waals surface area contributed by atoms with Crippen LogP contribution in [0.15, 0.2) is 65.0 Å². The van der Waals surface area contributed by atoms with Gasteiger partial charge in [0, 0.05) is 40.3 Å². The van der Waals surface area contributed by atoms with Crippen LogP contribution in [0.5, 0.6) is 0 Å². The van der Waals surface area contributed by atoms with Gasteiger partial charge in [-0.25, -0.2) is 15.0 Å². The Kier molecular flexibility index (Phi) is 4.05. The van der Waals surface area contributed by atoms with E-state index in [1.807, 2.05) is 31.2 Å². The van der Waals surface area contributed by atoms with Gasteiger partial charge in [-0.15, -0.1) is 0 Å². The van der Waals surface area contributed by atoms with Crippen molar-refractivity contribution >= 4 is 46.8 Å². The molecule has 32 heavy (non-hydrogen) atoms. The van der Waals surface area contributed by atoms with Crippen molar-refractivity contribution in [2.45, 2.75) is 33.8 Å². The zero-order valence-electron chi connectivity index (χ0n) is 18.5. The average molecular weight is 422 g/mol. The summed E-state index contributed by atoms with van der Waals surface area (Å²) in [6.07, 6.45) is 5.59. The molecule has 1 atom stereocenters. The zero-order valence-corrected chi connectivity index (χ0v) is 18.5. The van der Waals surface area contributed by atoms with E-state index >= 15 is 0 Å². The summed E-state index contributed by atoms with van der Waals surface area (Å²) < 4.78 is 6.14. The van der Waals surface area contributed by atoms with Gasteiger partial charge >= 0.3 is 6.85 Å². The first-order valence-electron chi connectivity index (χ1n) is 10.9. The number of rotatable bonds is 2. The average Bonchev–Trinajstić information content (AvgIpc) is 3.28. The number of aromatic nitrogens is 3. The summed E-state index contributed by atoms with van der Waals surface area (Å²) in [6.45, 7) is 8.52. The van der Waals surface area contributed by atoms with Gasteiger partial charge in [0.15, 0.2) is 11.6 Å². The van der Waals surface area contributed by atoms with Gasteiger partial charge in [-0.3, -0.25) is 5.01 Å². The van der Waals surface area contributed by atoms with E-state index in [9.17, 15) is 0 Å². The molecule has 5 heterocycles. The monoisotopic (exact) mass is 422 g/mol. The number of anilines is 3. The van der Waals surface area contributed by atoms with Crippen molar-refractivity contribution in [1.82, 2.24) is 19.9 Å². The Hall–Kier alpha value is -3.81. The van der Waals surface area contributed by atoms with E-state index in [0.29, 0.717) is 5.71 Å². The molecular formula is C24H23BN6O. The van der Waals surface area contributed by atoms with E-state index in [4.69, 9.17) is 14.4 Å². The van der Waals surface area contributed by atoms with Crippen LogP contribution in [0.1, 0.15) is 25.3 Å². The molecule has 7 nitrogen and oxygen atoms in total. The van der Waals surface area contributed by atoms with E-state index in [2.05, 4.69) is 64.8 Å². The fraction of sp³-hybridized carbons (Fsp3) is 0.208.